The van der Waals surface area contributed by atoms with E-state index in [0.29, 0.717) is 27.0 Å². The Hall–Kier alpha value is -4.66. The molecule has 0 aliphatic heterocycles. The molecule has 0 bridgehead atoms. The number of halogens is 2. The van der Waals surface area contributed by atoms with Gasteiger partial charge in [0, 0.05) is 35.5 Å². The van der Waals surface area contributed by atoms with Crippen LogP contribution in [0.15, 0.2) is 97.3 Å². The van der Waals surface area contributed by atoms with Crippen LogP contribution in [0.2, 0.25) is 10.0 Å². The van der Waals surface area contributed by atoms with E-state index >= 15 is 0 Å². The number of rotatable bonds is 8. The lowest BCUT2D eigenvalue weighted by Crippen LogP contribution is -2.45. The van der Waals surface area contributed by atoms with Crippen molar-refractivity contribution in [3.8, 4) is 34.0 Å². The number of hydrogen-bond donors (Lipinski definition) is 3. The highest BCUT2D eigenvalue weighted by atomic mass is 35.5. The van der Waals surface area contributed by atoms with E-state index in [1.807, 2.05) is 24.3 Å². The second-order valence-corrected chi connectivity index (χ2v) is 9.86. The van der Waals surface area contributed by atoms with Crippen LogP contribution in [-0.4, -0.2) is 37.7 Å². The van der Waals surface area contributed by atoms with E-state index in [2.05, 4.69) is 10.3 Å². The minimum absolute atomic E-state index is 0.108. The van der Waals surface area contributed by atoms with Crippen molar-refractivity contribution in [1.82, 2.24) is 20.1 Å². The van der Waals surface area contributed by atoms with E-state index in [4.69, 9.17) is 34.0 Å². The van der Waals surface area contributed by atoms with Crippen LogP contribution in [0.4, 0.5) is 0 Å². The molecule has 2 heterocycles. The van der Waals surface area contributed by atoms with E-state index in [-0.39, 0.29) is 12.2 Å². The fourth-order valence-corrected chi connectivity index (χ4v) is 4.47. The molecule has 0 fully saturated rings. The van der Waals surface area contributed by atoms with Crippen LogP contribution >= 0.6 is 23.2 Å². The van der Waals surface area contributed by atoms with Gasteiger partial charge in [0.2, 0.25) is 5.91 Å². The van der Waals surface area contributed by atoms with Crippen molar-refractivity contribution in [3.63, 3.8) is 0 Å². The van der Waals surface area contributed by atoms with Crippen molar-refractivity contribution in [2.75, 3.05) is 0 Å². The predicted octanol–water partition coefficient (Wildman–Crippen LogP) is 5.44. The molecule has 40 heavy (non-hydrogen) atoms. The molecule has 8 nitrogen and oxygen atoms in total. The number of benzene rings is 3. The Morgan fingerprint density at radius 1 is 0.925 bits per heavy atom. The third-order valence-corrected chi connectivity index (χ3v) is 7.02. The SMILES string of the molecule is NC(=O)[C@H](Cc1ccc(O)cc1)NC(=O)c1ccc(-c2cc(-c3cccnc3)nn2-c2ccc(Cl)c(Cl)c2)cc1. The third-order valence-electron chi connectivity index (χ3n) is 6.28. The van der Waals surface area contributed by atoms with Crippen LogP contribution in [0.5, 0.6) is 5.75 Å². The largest absolute Gasteiger partial charge is 0.508 e. The van der Waals surface area contributed by atoms with E-state index in [9.17, 15) is 14.7 Å². The van der Waals surface area contributed by atoms with Gasteiger partial charge in [-0.25, -0.2) is 4.68 Å². The summed E-state index contributed by atoms with van der Waals surface area (Å²) in [5, 5.41) is 17.8. The molecule has 5 aromatic rings. The fourth-order valence-electron chi connectivity index (χ4n) is 4.18. The zero-order valence-corrected chi connectivity index (χ0v) is 22.5. The molecule has 5 rings (SSSR count). The maximum Gasteiger partial charge on any atom is 0.251 e. The lowest BCUT2D eigenvalue weighted by atomic mass is 10.0. The first-order chi connectivity index (χ1) is 19.3. The summed E-state index contributed by atoms with van der Waals surface area (Å²) >= 11 is 12.4. The quantitative estimate of drug-likeness (QED) is 0.229. The van der Waals surface area contributed by atoms with Crippen molar-refractivity contribution in [3.05, 3.63) is 118 Å². The summed E-state index contributed by atoms with van der Waals surface area (Å²) in [7, 11) is 0. The minimum Gasteiger partial charge on any atom is -0.508 e. The highest BCUT2D eigenvalue weighted by Gasteiger charge is 2.20. The van der Waals surface area contributed by atoms with Gasteiger partial charge in [-0.3, -0.25) is 14.6 Å². The smallest absolute Gasteiger partial charge is 0.251 e. The number of primary amides is 1. The summed E-state index contributed by atoms with van der Waals surface area (Å²) in [5.74, 6) is -0.994. The summed E-state index contributed by atoms with van der Waals surface area (Å²) < 4.78 is 1.75. The van der Waals surface area contributed by atoms with Crippen molar-refractivity contribution in [1.29, 1.82) is 0 Å². The predicted molar refractivity (Wildman–Crippen MR) is 155 cm³/mol. The van der Waals surface area contributed by atoms with Gasteiger partial charge in [-0.1, -0.05) is 47.5 Å². The molecule has 0 saturated heterocycles. The second-order valence-electron chi connectivity index (χ2n) is 9.04. The van der Waals surface area contributed by atoms with Gasteiger partial charge < -0.3 is 16.2 Å². The summed E-state index contributed by atoms with van der Waals surface area (Å²) in [6.45, 7) is 0. The number of aromatic nitrogens is 3. The molecule has 0 radical (unpaired) electrons. The van der Waals surface area contributed by atoms with E-state index in [1.165, 1.54) is 12.1 Å². The van der Waals surface area contributed by atoms with Gasteiger partial charge in [0.15, 0.2) is 0 Å². The normalized spacial score (nSPS) is 11.7. The average molecular weight is 572 g/mol. The van der Waals surface area contributed by atoms with Crippen molar-refractivity contribution >= 4 is 35.0 Å². The number of phenolic OH excluding ortho intramolecular Hbond substituents is 1. The highest BCUT2D eigenvalue weighted by molar-refractivity contribution is 6.42. The fraction of sp³-hybridized carbons (Fsp3) is 0.0667. The number of phenols is 1. The highest BCUT2D eigenvalue weighted by Crippen LogP contribution is 2.31. The molecule has 200 valence electrons. The Morgan fingerprint density at radius 2 is 1.68 bits per heavy atom. The topological polar surface area (TPSA) is 123 Å². The third kappa shape index (κ3) is 5.98. The van der Waals surface area contributed by atoms with Gasteiger partial charge >= 0.3 is 0 Å². The Kier molecular flexibility index (Phi) is 7.82. The number of nitrogens with two attached hydrogens (primary N) is 1. The average Bonchev–Trinajstić information content (AvgIpc) is 3.41. The molecule has 3 aromatic carbocycles. The number of pyridine rings is 1. The lowest BCUT2D eigenvalue weighted by molar-refractivity contribution is -0.119. The van der Waals surface area contributed by atoms with Gasteiger partial charge in [-0.15, -0.1) is 0 Å². The molecule has 1 atom stereocenters. The minimum atomic E-state index is -0.921. The van der Waals surface area contributed by atoms with Gasteiger partial charge in [-0.05, 0) is 66.2 Å². The van der Waals surface area contributed by atoms with Gasteiger partial charge in [-0.2, -0.15) is 5.10 Å². The number of nitrogens with zero attached hydrogens (tertiary/aromatic N) is 3. The zero-order valence-electron chi connectivity index (χ0n) is 21.0. The number of aromatic hydroxyl groups is 1. The van der Waals surface area contributed by atoms with Crippen LogP contribution in [0, 0.1) is 0 Å². The molecule has 0 spiro atoms. The van der Waals surface area contributed by atoms with Gasteiger partial charge in [0.25, 0.3) is 5.91 Å². The summed E-state index contributed by atoms with van der Waals surface area (Å²) in [6, 6.07) is 23.3. The van der Waals surface area contributed by atoms with Gasteiger partial charge in [0.1, 0.15) is 11.8 Å². The monoisotopic (exact) mass is 571 g/mol. The summed E-state index contributed by atoms with van der Waals surface area (Å²) in [5.41, 5.74) is 10.4. The number of amides is 2. The Labute approximate surface area is 240 Å². The Balaban J connectivity index is 1.43. The first kappa shape index (κ1) is 26.9. The molecular weight excluding hydrogens is 549 g/mol. The first-order valence-corrected chi connectivity index (χ1v) is 13.0. The van der Waals surface area contributed by atoms with Crippen LogP contribution in [0.1, 0.15) is 15.9 Å². The van der Waals surface area contributed by atoms with Crippen LogP contribution < -0.4 is 11.1 Å². The van der Waals surface area contributed by atoms with Gasteiger partial charge in [0.05, 0.1) is 27.1 Å². The molecule has 0 saturated carbocycles. The lowest BCUT2D eigenvalue weighted by Gasteiger charge is -2.16. The Bertz CT molecular complexity index is 1670. The number of carbonyl (C=O) groups is 2. The molecule has 0 aliphatic carbocycles. The van der Waals surface area contributed by atoms with E-state index in [0.717, 1.165) is 22.4 Å². The maximum atomic E-state index is 13.0. The van der Waals surface area contributed by atoms with Crippen LogP contribution in [-0.2, 0) is 11.2 Å². The van der Waals surface area contributed by atoms with Crippen molar-refractivity contribution < 1.29 is 14.7 Å². The number of nitrogens with one attached hydrogen (secondary N) is 1. The molecule has 0 aliphatic rings. The van der Waals surface area contributed by atoms with Crippen LogP contribution in [0.25, 0.3) is 28.2 Å². The van der Waals surface area contributed by atoms with E-state index < -0.39 is 17.9 Å². The van der Waals surface area contributed by atoms with Crippen molar-refractivity contribution in [2.45, 2.75) is 12.5 Å². The zero-order chi connectivity index (χ0) is 28.2. The van der Waals surface area contributed by atoms with E-state index in [1.54, 1.807) is 65.6 Å². The number of carbonyl (C=O) groups excluding carboxylic acids is 2. The Morgan fingerprint density at radius 3 is 2.33 bits per heavy atom. The summed E-state index contributed by atoms with van der Waals surface area (Å²) in [6.07, 6.45) is 3.61. The number of hydrogen-bond acceptors (Lipinski definition) is 5. The molecule has 2 aromatic heterocycles. The second kappa shape index (κ2) is 11.6. The molecular formula is C30H23Cl2N5O3. The maximum absolute atomic E-state index is 13.0. The molecule has 10 heteroatoms. The summed E-state index contributed by atoms with van der Waals surface area (Å²) in [4.78, 5) is 29.2. The standard InChI is InChI=1S/C30H23Cl2N5O3/c31-24-12-9-22(15-25(24)32)37-28(16-26(36-37)21-2-1-13-34-17-21)19-5-7-20(8-6-19)30(40)35-27(29(33)39)14-18-3-10-23(38)11-4-18/h1-13,15-17,27,38H,14H2,(H2,33,39)(H,35,40)/t27-/m0/s1. The molecule has 4 N–H and O–H groups in total. The first-order valence-electron chi connectivity index (χ1n) is 12.2. The van der Waals surface area contributed by atoms with Crippen LogP contribution in [0.3, 0.4) is 0 Å². The van der Waals surface area contributed by atoms with Crippen molar-refractivity contribution in [2.24, 2.45) is 5.73 Å². The molecule has 2 amide bonds. The molecule has 0 unspecified atom stereocenters.